The van der Waals surface area contributed by atoms with Crippen molar-refractivity contribution < 1.29 is 24.1 Å². The Kier molecular flexibility index (Phi) is 6.91. The molecule has 3 N–H and O–H groups in total. The van der Waals surface area contributed by atoms with Gasteiger partial charge in [-0.15, -0.1) is 5.10 Å². The summed E-state index contributed by atoms with van der Waals surface area (Å²) in [6, 6.07) is 16.1. The molecule has 0 bridgehead atoms. The summed E-state index contributed by atoms with van der Waals surface area (Å²) in [5.41, 5.74) is 1.63. The van der Waals surface area contributed by atoms with Gasteiger partial charge >= 0.3 is 0 Å². The fraction of sp³-hybridized carbons (Fsp3) is 0.0870. The molecule has 11 heteroatoms. The van der Waals surface area contributed by atoms with Crippen molar-refractivity contribution in [1.82, 2.24) is 25.5 Å². The van der Waals surface area contributed by atoms with Gasteiger partial charge < -0.3 is 20.1 Å². The molecule has 4 rings (SSSR count). The summed E-state index contributed by atoms with van der Waals surface area (Å²) in [4.78, 5) is 30.6. The van der Waals surface area contributed by atoms with Gasteiger partial charge in [0.05, 0.1) is 13.2 Å². The summed E-state index contributed by atoms with van der Waals surface area (Å²) in [6.45, 7) is 0. The van der Waals surface area contributed by atoms with Crippen molar-refractivity contribution in [2.24, 2.45) is 0 Å². The predicted octanol–water partition coefficient (Wildman–Crippen LogP) is 2.26. The molecule has 0 fully saturated rings. The molecule has 0 aliphatic heterocycles. The van der Waals surface area contributed by atoms with Crippen LogP contribution in [0.15, 0.2) is 73.1 Å². The maximum atomic E-state index is 13.1. The van der Waals surface area contributed by atoms with Gasteiger partial charge in [-0.05, 0) is 47.5 Å². The Morgan fingerprint density at radius 1 is 1.06 bits per heavy atom. The summed E-state index contributed by atoms with van der Waals surface area (Å²) >= 11 is 0. The Balaban J connectivity index is 1.65. The van der Waals surface area contributed by atoms with Crippen molar-refractivity contribution in [3.8, 4) is 23.1 Å². The summed E-state index contributed by atoms with van der Waals surface area (Å²) in [7, 11) is -1.28. The SMILES string of the molecule is COc1ccc(C(NC(=O)c2cnc(-c3cccnn3)nc2O)c2ccc([PH](=O)O)cc2)cc1. The van der Waals surface area contributed by atoms with Crippen molar-refractivity contribution in [2.75, 3.05) is 7.11 Å². The number of benzene rings is 2. The van der Waals surface area contributed by atoms with E-state index in [4.69, 9.17) is 4.74 Å². The van der Waals surface area contributed by atoms with Crippen LogP contribution < -0.4 is 15.4 Å². The first-order valence-corrected chi connectivity index (χ1v) is 11.4. The number of carbonyl (C=O) groups is 1. The molecule has 10 nitrogen and oxygen atoms in total. The van der Waals surface area contributed by atoms with Gasteiger partial charge in [-0.2, -0.15) is 10.1 Å². The first-order valence-electron chi connectivity index (χ1n) is 10.1. The van der Waals surface area contributed by atoms with Gasteiger partial charge in [0, 0.05) is 17.7 Å². The van der Waals surface area contributed by atoms with Crippen molar-refractivity contribution in [3.63, 3.8) is 0 Å². The lowest BCUT2D eigenvalue weighted by Crippen LogP contribution is -2.30. The second-order valence-corrected chi connectivity index (χ2v) is 8.33. The Labute approximate surface area is 195 Å². The number of rotatable bonds is 7. The molecular weight excluding hydrogens is 457 g/mol. The smallest absolute Gasteiger partial charge is 0.259 e. The third-order valence-corrected chi connectivity index (χ3v) is 5.86. The molecule has 34 heavy (non-hydrogen) atoms. The lowest BCUT2D eigenvalue weighted by Gasteiger charge is -2.20. The van der Waals surface area contributed by atoms with Gasteiger partial charge in [-0.3, -0.25) is 9.36 Å². The van der Waals surface area contributed by atoms with Gasteiger partial charge in [0.2, 0.25) is 13.9 Å². The second-order valence-electron chi connectivity index (χ2n) is 7.15. The maximum Gasteiger partial charge on any atom is 0.259 e. The summed E-state index contributed by atoms with van der Waals surface area (Å²) < 4.78 is 16.6. The number of ether oxygens (including phenoxy) is 1. The average molecular weight is 477 g/mol. The number of aromatic hydroxyl groups is 1. The van der Waals surface area contributed by atoms with Gasteiger partial charge in [0.25, 0.3) is 5.91 Å². The van der Waals surface area contributed by atoms with Gasteiger partial charge in [0.15, 0.2) is 5.82 Å². The van der Waals surface area contributed by atoms with Gasteiger partial charge in [-0.1, -0.05) is 24.3 Å². The molecule has 0 aliphatic rings. The van der Waals surface area contributed by atoms with E-state index in [1.807, 2.05) is 0 Å². The number of nitrogens with one attached hydrogen (secondary N) is 1. The Morgan fingerprint density at radius 2 is 1.74 bits per heavy atom. The quantitative estimate of drug-likeness (QED) is 0.341. The van der Waals surface area contributed by atoms with E-state index in [0.29, 0.717) is 22.3 Å². The molecule has 1 amide bonds. The lowest BCUT2D eigenvalue weighted by molar-refractivity contribution is 0.0939. The second kappa shape index (κ2) is 10.2. The monoisotopic (exact) mass is 477 g/mol. The van der Waals surface area contributed by atoms with Gasteiger partial charge in [0.1, 0.15) is 17.0 Å². The van der Waals surface area contributed by atoms with Crippen LogP contribution in [-0.4, -0.2) is 43.2 Å². The molecule has 0 spiro atoms. The fourth-order valence-corrected chi connectivity index (χ4v) is 3.71. The predicted molar refractivity (Wildman–Crippen MR) is 124 cm³/mol. The number of carbonyl (C=O) groups excluding carboxylic acids is 1. The largest absolute Gasteiger partial charge is 0.497 e. The number of amides is 1. The number of hydrogen-bond acceptors (Lipinski definition) is 8. The van der Waals surface area contributed by atoms with Crippen LogP contribution in [0, 0.1) is 0 Å². The minimum absolute atomic E-state index is 0.122. The van der Waals surface area contributed by atoms with E-state index in [1.165, 1.54) is 24.5 Å². The highest BCUT2D eigenvalue weighted by Crippen LogP contribution is 2.26. The molecule has 0 aliphatic carbocycles. The number of nitrogens with zero attached hydrogens (tertiary/aromatic N) is 4. The molecule has 2 aromatic heterocycles. The maximum absolute atomic E-state index is 13.1. The molecule has 2 aromatic carbocycles. The Morgan fingerprint density at radius 3 is 2.29 bits per heavy atom. The van der Waals surface area contributed by atoms with Crippen LogP contribution in [0.3, 0.4) is 0 Å². The van der Waals surface area contributed by atoms with E-state index in [0.717, 1.165) is 5.56 Å². The Hall–Kier alpha value is -4.14. The van der Waals surface area contributed by atoms with Crippen LogP contribution >= 0.6 is 8.03 Å². The summed E-state index contributed by atoms with van der Waals surface area (Å²) in [5, 5.41) is 21.2. The fourth-order valence-electron chi connectivity index (χ4n) is 3.26. The third-order valence-electron chi connectivity index (χ3n) is 5.03. The third kappa shape index (κ3) is 5.09. The molecule has 2 heterocycles. The topological polar surface area (TPSA) is 147 Å². The molecule has 0 saturated carbocycles. The zero-order chi connectivity index (χ0) is 24.1. The molecule has 172 valence electrons. The summed E-state index contributed by atoms with van der Waals surface area (Å²) in [6.07, 6.45) is 2.71. The number of methoxy groups -OCH3 is 1. The molecular formula is C23H20N5O5P. The Bertz CT molecular complexity index is 1320. The number of aromatic nitrogens is 4. The summed E-state index contributed by atoms with van der Waals surface area (Å²) in [5.74, 6) is -0.336. The van der Waals surface area contributed by atoms with Crippen LogP contribution in [0.1, 0.15) is 27.5 Å². The zero-order valence-electron chi connectivity index (χ0n) is 17.9. The van der Waals surface area contributed by atoms with E-state index in [-0.39, 0.29) is 11.4 Å². The molecule has 0 saturated heterocycles. The highest BCUT2D eigenvalue weighted by molar-refractivity contribution is 7.47. The van der Waals surface area contributed by atoms with Crippen molar-refractivity contribution in [2.45, 2.75) is 6.04 Å². The van der Waals surface area contributed by atoms with Crippen LogP contribution in [-0.2, 0) is 4.57 Å². The lowest BCUT2D eigenvalue weighted by atomic mass is 9.98. The molecule has 2 unspecified atom stereocenters. The zero-order valence-corrected chi connectivity index (χ0v) is 18.9. The average Bonchev–Trinajstić information content (AvgIpc) is 2.87. The van der Waals surface area contributed by atoms with Crippen molar-refractivity contribution >= 4 is 19.2 Å². The first-order chi connectivity index (χ1) is 16.5. The highest BCUT2D eigenvalue weighted by atomic mass is 31.1. The van der Waals surface area contributed by atoms with Crippen LogP contribution in [0.25, 0.3) is 11.5 Å². The van der Waals surface area contributed by atoms with Crippen molar-refractivity contribution in [1.29, 1.82) is 0 Å². The van der Waals surface area contributed by atoms with Gasteiger partial charge in [-0.25, -0.2) is 4.98 Å². The molecule has 2 atom stereocenters. The van der Waals surface area contributed by atoms with Crippen LogP contribution in [0.4, 0.5) is 0 Å². The van der Waals surface area contributed by atoms with E-state index in [9.17, 15) is 19.4 Å². The van der Waals surface area contributed by atoms with E-state index in [1.54, 1.807) is 55.6 Å². The van der Waals surface area contributed by atoms with E-state index >= 15 is 0 Å². The highest BCUT2D eigenvalue weighted by Gasteiger charge is 2.22. The standard InChI is InChI=1S/C23H20N5O5P/c1-33-16-8-4-14(5-9-16)20(15-6-10-17(11-7-15)34(31)32)26-22(29)18-13-24-21(27-23(18)30)19-3-2-12-25-28-19/h2-13,20,34H,1H3,(H,26,29)(H,31,32)(H,24,27,30). The van der Waals surface area contributed by atoms with E-state index in [2.05, 4.69) is 25.5 Å². The molecule has 4 aromatic rings. The molecule has 0 radical (unpaired) electrons. The minimum Gasteiger partial charge on any atom is -0.497 e. The van der Waals surface area contributed by atoms with Crippen molar-refractivity contribution in [3.05, 3.63) is 89.7 Å². The van der Waals surface area contributed by atoms with Crippen LogP contribution in [0.2, 0.25) is 0 Å². The minimum atomic E-state index is -2.84. The normalized spacial score (nSPS) is 12.5. The van der Waals surface area contributed by atoms with Crippen LogP contribution in [0.5, 0.6) is 11.6 Å². The first kappa shape index (κ1) is 23.0. The number of hydrogen-bond donors (Lipinski definition) is 3. The van der Waals surface area contributed by atoms with E-state index < -0.39 is 25.9 Å².